The Morgan fingerprint density at radius 1 is 0.311 bits per heavy atom. The van der Waals surface area contributed by atoms with Crippen LogP contribution in [0.3, 0.4) is 0 Å². The highest BCUT2D eigenvalue weighted by molar-refractivity contribution is 7.53. The highest BCUT2D eigenvalue weighted by Crippen LogP contribution is 2.41. The molecule has 12 N–H and O–H groups in total. The fraction of sp³-hybridized carbons (Fsp3) is 1.00. The monoisotopic (exact) mass is 923 g/mol. The van der Waals surface area contributed by atoms with Crippen molar-refractivity contribution in [3.63, 3.8) is 0 Å². The predicted molar refractivity (Wildman–Crippen MR) is 252 cm³/mol. The molecule has 0 aliphatic rings. The topological polar surface area (TPSA) is 252 Å². The molecule has 0 aromatic heterocycles. The minimum atomic E-state index is -2.61. The number of aliphatic hydroxyl groups excluding tert-OH is 8. The fourth-order valence-corrected chi connectivity index (χ4v) is 7.90. The molecular weight excluding hydrogens is 822 g/mol. The van der Waals surface area contributed by atoms with E-state index in [1.165, 1.54) is 180 Å². The second-order valence-corrected chi connectivity index (χ2v) is 19.1. The maximum Gasteiger partial charge on any atom is 0.334 e. The van der Waals surface area contributed by atoms with E-state index in [4.69, 9.17) is 19.6 Å². The van der Waals surface area contributed by atoms with Gasteiger partial charge in [-0.25, -0.2) is 4.31 Å². The summed E-state index contributed by atoms with van der Waals surface area (Å²) in [5.41, 5.74) is -2.31. The Labute approximate surface area is 375 Å². The Morgan fingerprint density at radius 2 is 0.475 bits per heavy atom. The molecule has 2 unspecified atom stereocenters. The molecule has 13 nitrogen and oxygen atoms in total. The van der Waals surface area contributed by atoms with Gasteiger partial charge in [0.2, 0.25) is 0 Å². The fourth-order valence-electron chi connectivity index (χ4n) is 7.38. The lowest BCUT2D eigenvalue weighted by molar-refractivity contribution is -0.0868. The van der Waals surface area contributed by atoms with Gasteiger partial charge in [-0.15, -0.1) is 0 Å². The molecule has 0 spiro atoms. The first-order chi connectivity index (χ1) is 29.5. The molecule has 2 atom stereocenters. The van der Waals surface area contributed by atoms with Crippen LogP contribution in [0.25, 0.3) is 0 Å². The third-order valence-corrected chi connectivity index (χ3v) is 13.3. The van der Waals surface area contributed by atoms with Gasteiger partial charge in [0.25, 0.3) is 0 Å². The zero-order valence-corrected chi connectivity index (χ0v) is 40.9. The molecule has 0 aromatic rings. The minimum absolute atomic E-state index is 0.389. The molecule has 0 heterocycles. The van der Waals surface area contributed by atoms with Gasteiger partial charge in [0.05, 0.1) is 62.7 Å². The summed E-state index contributed by atoms with van der Waals surface area (Å²) in [6, 6.07) is 0. The molecule has 0 aromatic carbocycles. The Morgan fingerprint density at radius 3 is 0.607 bits per heavy atom. The van der Waals surface area contributed by atoms with Gasteiger partial charge in [-0.3, -0.25) is 0 Å². The van der Waals surface area contributed by atoms with Crippen molar-refractivity contribution < 1.29 is 64.7 Å². The van der Waals surface area contributed by atoms with Crippen LogP contribution >= 0.6 is 17.2 Å². The second kappa shape index (κ2) is 49.8. The normalized spacial score (nSPS) is 13.0. The smallest absolute Gasteiger partial charge is 0.334 e. The Bertz CT molecular complexity index is 744. The zero-order valence-electron chi connectivity index (χ0n) is 39.1. The molecule has 0 radical (unpaired) electrons. The van der Waals surface area contributed by atoms with Crippen LogP contribution in [0.5, 0.6) is 0 Å². The van der Waals surface area contributed by atoms with Crippen LogP contribution in [-0.4, -0.2) is 112 Å². The number of aliphatic hydroxyl groups is 8. The van der Waals surface area contributed by atoms with Crippen molar-refractivity contribution >= 4 is 17.2 Å². The van der Waals surface area contributed by atoms with Crippen molar-refractivity contribution in [1.82, 2.24) is 0 Å². The van der Waals surface area contributed by atoms with Crippen LogP contribution < -0.4 is 0 Å². The average Bonchev–Trinajstić information content (AvgIpc) is 3.25. The van der Waals surface area contributed by atoms with E-state index in [1.807, 2.05) is 0 Å². The Balaban J connectivity index is -0.000000952. The summed E-state index contributed by atoms with van der Waals surface area (Å²) >= 11 is 0. The maximum atomic E-state index is 10.1. The van der Waals surface area contributed by atoms with Gasteiger partial charge in [-0.1, -0.05) is 219 Å². The molecule has 0 fully saturated rings. The summed E-state index contributed by atoms with van der Waals surface area (Å²) in [5, 5.41) is 76.0. The highest BCUT2D eigenvalue weighted by Gasteiger charge is 2.37. The van der Waals surface area contributed by atoms with Gasteiger partial charge < -0.3 is 60.4 Å². The molecule has 15 heteroatoms. The summed E-state index contributed by atoms with van der Waals surface area (Å²) in [6.07, 6.45) is 41.3. The first-order valence-electron chi connectivity index (χ1n) is 24.5. The standard InChI is InChI=1S/2C23H48O4.H4O5P2/c2*1-2-3-4-5-6-7-8-9-10-11-12-13-14-15-16-17-18-22(27)23(19-24,20-25)21-26;1-6(2)5-7(3)4/h2*22,24-27H,2-21H2,1H3;1-4H. The van der Waals surface area contributed by atoms with E-state index < -0.39 is 40.2 Å². The van der Waals surface area contributed by atoms with Gasteiger partial charge in [-0.05, 0) is 12.8 Å². The van der Waals surface area contributed by atoms with Crippen molar-refractivity contribution in [3.8, 4) is 0 Å². The number of unbranched alkanes of at least 4 members (excludes halogenated alkanes) is 30. The maximum absolute atomic E-state index is 10.1. The predicted octanol–water partition coefficient (Wildman–Crippen LogP) is 9.35. The summed E-state index contributed by atoms with van der Waals surface area (Å²) in [7, 11) is -5.22. The average molecular weight is 923 g/mol. The van der Waals surface area contributed by atoms with Crippen LogP contribution in [0.15, 0.2) is 0 Å². The zero-order chi connectivity index (χ0) is 46.3. The first-order valence-corrected chi connectivity index (χ1v) is 26.8. The van der Waals surface area contributed by atoms with E-state index >= 15 is 0 Å². The van der Waals surface area contributed by atoms with Crippen LogP contribution in [-0.2, 0) is 4.31 Å². The lowest BCUT2D eigenvalue weighted by atomic mass is 9.82. The van der Waals surface area contributed by atoms with E-state index in [1.54, 1.807) is 0 Å². The molecule has 0 amide bonds. The highest BCUT2D eigenvalue weighted by atomic mass is 31.2. The van der Waals surface area contributed by atoms with E-state index in [0.717, 1.165) is 25.7 Å². The Hall–Kier alpha value is 0.340. The van der Waals surface area contributed by atoms with E-state index in [9.17, 15) is 40.9 Å². The van der Waals surface area contributed by atoms with Gasteiger partial charge in [0.15, 0.2) is 0 Å². The number of hydrogen-bond donors (Lipinski definition) is 12. The van der Waals surface area contributed by atoms with Gasteiger partial charge in [-0.2, -0.15) is 0 Å². The van der Waals surface area contributed by atoms with Crippen LogP contribution in [0.4, 0.5) is 0 Å². The van der Waals surface area contributed by atoms with Crippen molar-refractivity contribution in [2.45, 2.75) is 244 Å². The van der Waals surface area contributed by atoms with Crippen molar-refractivity contribution in [2.24, 2.45) is 10.8 Å². The largest absolute Gasteiger partial charge is 0.396 e. The van der Waals surface area contributed by atoms with Crippen LogP contribution in [0.2, 0.25) is 0 Å². The summed E-state index contributed by atoms with van der Waals surface area (Å²) in [6.45, 7) is 2.20. The van der Waals surface area contributed by atoms with Crippen LogP contribution in [0, 0.1) is 10.8 Å². The van der Waals surface area contributed by atoms with Crippen molar-refractivity contribution in [2.75, 3.05) is 39.6 Å². The molecule has 0 aliphatic carbocycles. The summed E-state index contributed by atoms with van der Waals surface area (Å²) < 4.78 is 3.60. The second-order valence-electron chi connectivity index (χ2n) is 17.5. The van der Waals surface area contributed by atoms with E-state index in [0.29, 0.717) is 12.8 Å². The van der Waals surface area contributed by atoms with Gasteiger partial charge >= 0.3 is 17.2 Å². The lowest BCUT2D eigenvalue weighted by Gasteiger charge is -2.32. The molecule has 0 bridgehead atoms. The Kier molecular flexibility index (Phi) is 53.5. The van der Waals surface area contributed by atoms with Crippen molar-refractivity contribution in [3.05, 3.63) is 0 Å². The summed E-state index contributed by atoms with van der Waals surface area (Å²) in [4.78, 5) is 31.3. The van der Waals surface area contributed by atoms with Gasteiger partial charge in [0, 0.05) is 0 Å². The summed E-state index contributed by atoms with van der Waals surface area (Å²) in [5.74, 6) is 0. The molecule has 0 rings (SSSR count). The van der Waals surface area contributed by atoms with Crippen LogP contribution in [0.1, 0.15) is 232 Å². The molecule has 0 aliphatic heterocycles. The SMILES string of the molecule is CCCCCCCCCCCCCCCCCCC(O)C(CO)(CO)CO.CCCCCCCCCCCCCCCCCCC(O)C(CO)(CO)CO.OP(O)OP(O)O. The molecular formula is C46H100O13P2. The molecule has 61 heavy (non-hydrogen) atoms. The number of rotatable bonds is 44. The van der Waals surface area contributed by atoms with E-state index in [2.05, 4.69) is 18.2 Å². The lowest BCUT2D eigenvalue weighted by Crippen LogP contribution is -2.45. The van der Waals surface area contributed by atoms with Crippen molar-refractivity contribution in [1.29, 1.82) is 0 Å². The van der Waals surface area contributed by atoms with Gasteiger partial charge in [0.1, 0.15) is 0 Å². The molecule has 372 valence electrons. The quantitative estimate of drug-likeness (QED) is 0.0201. The molecule has 0 saturated carbocycles. The third-order valence-electron chi connectivity index (χ3n) is 12.1. The van der Waals surface area contributed by atoms with E-state index in [-0.39, 0.29) is 39.6 Å². The number of hydrogen-bond acceptors (Lipinski definition) is 13. The minimum Gasteiger partial charge on any atom is -0.396 e. The third kappa shape index (κ3) is 41.5. The molecule has 0 saturated heterocycles. The first kappa shape index (κ1) is 65.6.